The van der Waals surface area contributed by atoms with Gasteiger partial charge in [0.15, 0.2) is 5.76 Å². The highest BCUT2D eigenvalue weighted by Gasteiger charge is 2.30. The molecule has 0 aliphatic heterocycles. The summed E-state index contributed by atoms with van der Waals surface area (Å²) in [7, 11) is 0. The Kier molecular flexibility index (Phi) is 4.18. The van der Waals surface area contributed by atoms with Gasteiger partial charge in [-0.1, -0.05) is 12.1 Å². The summed E-state index contributed by atoms with van der Waals surface area (Å²) in [5.41, 5.74) is 1.59. The highest BCUT2D eigenvalue weighted by molar-refractivity contribution is 6.02. The number of anilines is 1. The summed E-state index contributed by atoms with van der Waals surface area (Å²) in [6.45, 7) is 1.86. The minimum atomic E-state index is -4.45. The third-order valence-corrected chi connectivity index (χ3v) is 4.13. The zero-order chi connectivity index (χ0) is 19.9. The van der Waals surface area contributed by atoms with Gasteiger partial charge in [0, 0.05) is 18.0 Å². The normalized spacial score (nSPS) is 11.7. The van der Waals surface area contributed by atoms with Crippen LogP contribution in [0, 0.1) is 6.92 Å². The predicted octanol–water partition coefficient (Wildman–Crippen LogP) is 5.17. The number of aromatic nitrogens is 2. The van der Waals surface area contributed by atoms with Crippen LogP contribution in [0.15, 0.2) is 65.3 Å². The Labute approximate surface area is 157 Å². The van der Waals surface area contributed by atoms with Crippen molar-refractivity contribution in [3.8, 4) is 11.3 Å². The van der Waals surface area contributed by atoms with Crippen molar-refractivity contribution in [1.29, 1.82) is 0 Å². The molecular formula is C20H14F3N3O2. The Morgan fingerprint density at radius 3 is 2.71 bits per heavy atom. The molecule has 142 valence electrons. The van der Waals surface area contributed by atoms with Crippen LogP contribution in [0.1, 0.15) is 21.8 Å². The Balaban J connectivity index is 1.55. The van der Waals surface area contributed by atoms with Gasteiger partial charge in [-0.2, -0.15) is 13.2 Å². The Morgan fingerprint density at radius 1 is 1.11 bits per heavy atom. The molecule has 0 bridgehead atoms. The summed E-state index contributed by atoms with van der Waals surface area (Å²) in [5, 5.41) is 2.70. The molecule has 0 saturated heterocycles. The molecule has 0 radical (unpaired) electrons. The lowest BCUT2D eigenvalue weighted by Gasteiger charge is -2.07. The highest BCUT2D eigenvalue weighted by Crippen LogP contribution is 2.32. The molecule has 4 rings (SSSR count). The second-order valence-corrected chi connectivity index (χ2v) is 6.26. The van der Waals surface area contributed by atoms with Crippen LogP contribution >= 0.6 is 0 Å². The number of imidazole rings is 1. The fraction of sp³-hybridized carbons (Fsp3) is 0.100. The maximum atomic E-state index is 12.9. The van der Waals surface area contributed by atoms with E-state index < -0.39 is 17.6 Å². The van der Waals surface area contributed by atoms with Gasteiger partial charge in [-0.25, -0.2) is 4.98 Å². The molecule has 0 fully saturated rings. The lowest BCUT2D eigenvalue weighted by molar-refractivity contribution is -0.137. The van der Waals surface area contributed by atoms with Crippen LogP contribution in [0.25, 0.3) is 17.0 Å². The molecule has 0 atom stereocenters. The van der Waals surface area contributed by atoms with Gasteiger partial charge >= 0.3 is 6.18 Å². The summed E-state index contributed by atoms with van der Waals surface area (Å²) in [6.07, 6.45) is -0.916. The molecule has 3 aromatic heterocycles. The van der Waals surface area contributed by atoms with Gasteiger partial charge in [0.1, 0.15) is 11.4 Å². The van der Waals surface area contributed by atoms with Crippen LogP contribution in [0.5, 0.6) is 0 Å². The van der Waals surface area contributed by atoms with E-state index in [-0.39, 0.29) is 17.1 Å². The molecule has 1 N–H and O–H groups in total. The standard InChI is InChI=1S/C20H14F3N3O2/c1-12-10-26-11-15(5-8-18(26)24-12)25-19(27)17-7-6-16(28-17)13-3-2-4-14(9-13)20(21,22)23/h2-11H,1H3,(H,25,27). The number of pyridine rings is 1. The Bertz CT molecular complexity index is 1170. The largest absolute Gasteiger partial charge is 0.451 e. The van der Waals surface area contributed by atoms with Crippen molar-refractivity contribution in [1.82, 2.24) is 9.38 Å². The van der Waals surface area contributed by atoms with Gasteiger partial charge in [-0.15, -0.1) is 0 Å². The number of halogens is 3. The first kappa shape index (κ1) is 17.8. The zero-order valence-corrected chi connectivity index (χ0v) is 14.6. The number of alkyl halides is 3. The first-order valence-corrected chi connectivity index (χ1v) is 8.34. The molecule has 0 saturated carbocycles. The van der Waals surface area contributed by atoms with E-state index in [1.807, 2.05) is 13.1 Å². The lowest BCUT2D eigenvalue weighted by Crippen LogP contribution is -2.11. The molecule has 0 aliphatic rings. The molecule has 5 nitrogen and oxygen atoms in total. The monoisotopic (exact) mass is 385 g/mol. The molecule has 0 aliphatic carbocycles. The van der Waals surface area contributed by atoms with Crippen molar-refractivity contribution in [2.75, 3.05) is 5.32 Å². The maximum Gasteiger partial charge on any atom is 0.416 e. The molecule has 3 heterocycles. The number of fused-ring (bicyclic) bond motifs is 1. The number of aryl methyl sites for hydroxylation is 1. The van der Waals surface area contributed by atoms with Crippen molar-refractivity contribution in [2.45, 2.75) is 13.1 Å². The van der Waals surface area contributed by atoms with Crippen LogP contribution in [0.4, 0.5) is 18.9 Å². The fourth-order valence-electron chi connectivity index (χ4n) is 2.85. The van der Waals surface area contributed by atoms with Crippen molar-refractivity contribution in [3.05, 3.63) is 77.9 Å². The summed E-state index contributed by atoms with van der Waals surface area (Å²) in [4.78, 5) is 16.7. The van der Waals surface area contributed by atoms with Crippen LogP contribution < -0.4 is 5.32 Å². The summed E-state index contributed by atoms with van der Waals surface area (Å²) in [5.74, 6) is -0.333. The van der Waals surface area contributed by atoms with E-state index in [0.717, 1.165) is 23.5 Å². The molecule has 0 unspecified atom stereocenters. The minimum Gasteiger partial charge on any atom is -0.451 e. The van der Waals surface area contributed by atoms with Crippen molar-refractivity contribution in [2.24, 2.45) is 0 Å². The minimum absolute atomic E-state index is 0.00526. The highest BCUT2D eigenvalue weighted by atomic mass is 19.4. The average Bonchev–Trinajstić information content (AvgIpc) is 3.27. The number of carbonyl (C=O) groups excluding carboxylic acids is 1. The number of hydrogen-bond acceptors (Lipinski definition) is 3. The number of furan rings is 1. The smallest absolute Gasteiger partial charge is 0.416 e. The summed E-state index contributed by atoms with van der Waals surface area (Å²) >= 11 is 0. The fourth-order valence-corrected chi connectivity index (χ4v) is 2.85. The molecule has 8 heteroatoms. The van der Waals surface area contributed by atoms with Gasteiger partial charge in [0.2, 0.25) is 0 Å². The molecule has 0 spiro atoms. The van der Waals surface area contributed by atoms with Crippen LogP contribution in [0.2, 0.25) is 0 Å². The molecule has 4 aromatic rings. The van der Waals surface area contributed by atoms with E-state index >= 15 is 0 Å². The summed E-state index contributed by atoms with van der Waals surface area (Å²) in [6, 6.07) is 11.1. The quantitative estimate of drug-likeness (QED) is 0.529. The third-order valence-electron chi connectivity index (χ3n) is 4.13. The third kappa shape index (κ3) is 3.48. The van der Waals surface area contributed by atoms with Gasteiger partial charge in [0.25, 0.3) is 5.91 Å². The van der Waals surface area contributed by atoms with Gasteiger partial charge in [0.05, 0.1) is 16.9 Å². The van der Waals surface area contributed by atoms with E-state index in [4.69, 9.17) is 4.42 Å². The number of nitrogens with one attached hydrogen (secondary N) is 1. The van der Waals surface area contributed by atoms with E-state index in [1.54, 1.807) is 22.7 Å². The molecular weight excluding hydrogens is 371 g/mol. The first-order valence-electron chi connectivity index (χ1n) is 8.34. The second kappa shape index (κ2) is 6.56. The maximum absolute atomic E-state index is 12.9. The van der Waals surface area contributed by atoms with E-state index in [2.05, 4.69) is 10.3 Å². The molecule has 1 aromatic carbocycles. The van der Waals surface area contributed by atoms with Crippen molar-refractivity contribution in [3.63, 3.8) is 0 Å². The Morgan fingerprint density at radius 2 is 1.93 bits per heavy atom. The van der Waals surface area contributed by atoms with Crippen LogP contribution in [-0.2, 0) is 6.18 Å². The van der Waals surface area contributed by atoms with E-state index in [1.165, 1.54) is 24.3 Å². The van der Waals surface area contributed by atoms with Crippen molar-refractivity contribution >= 4 is 17.2 Å². The first-order chi connectivity index (χ1) is 13.3. The van der Waals surface area contributed by atoms with E-state index in [9.17, 15) is 18.0 Å². The Hall–Kier alpha value is -3.55. The van der Waals surface area contributed by atoms with Crippen molar-refractivity contribution < 1.29 is 22.4 Å². The number of hydrogen-bond donors (Lipinski definition) is 1. The number of nitrogens with zero attached hydrogens (tertiary/aromatic N) is 2. The summed E-state index contributed by atoms with van der Waals surface area (Å²) < 4.78 is 45.9. The van der Waals surface area contributed by atoms with Crippen LogP contribution in [0.3, 0.4) is 0 Å². The number of benzene rings is 1. The molecule has 1 amide bonds. The number of rotatable bonds is 3. The van der Waals surface area contributed by atoms with Gasteiger partial charge in [-0.3, -0.25) is 4.79 Å². The number of amides is 1. The predicted molar refractivity (Wildman–Crippen MR) is 97.0 cm³/mol. The number of carbonyl (C=O) groups is 1. The SMILES string of the molecule is Cc1cn2cc(NC(=O)c3ccc(-c4cccc(C(F)(F)F)c4)o3)ccc2n1. The van der Waals surface area contributed by atoms with Crippen LogP contribution in [-0.4, -0.2) is 15.3 Å². The van der Waals surface area contributed by atoms with E-state index in [0.29, 0.717) is 5.69 Å². The topological polar surface area (TPSA) is 59.5 Å². The molecule has 28 heavy (non-hydrogen) atoms. The zero-order valence-electron chi connectivity index (χ0n) is 14.6. The second-order valence-electron chi connectivity index (χ2n) is 6.26. The average molecular weight is 385 g/mol. The lowest BCUT2D eigenvalue weighted by atomic mass is 10.1. The van der Waals surface area contributed by atoms with Gasteiger partial charge in [-0.05, 0) is 43.3 Å². The van der Waals surface area contributed by atoms with Gasteiger partial charge < -0.3 is 14.1 Å².